The number of carbonyl (C=O) groups is 1. The lowest BCUT2D eigenvalue weighted by atomic mass is 9.98. The van der Waals surface area contributed by atoms with Gasteiger partial charge in [-0.1, -0.05) is 26.8 Å². The highest BCUT2D eigenvalue weighted by atomic mass is 28.4. The summed E-state index contributed by atoms with van der Waals surface area (Å²) in [7, 11) is 4.40. The first-order chi connectivity index (χ1) is 14.4. The van der Waals surface area contributed by atoms with Crippen LogP contribution in [-0.2, 0) is 20.3 Å². The molecule has 7 heteroatoms. The number of ether oxygens (including phenoxy) is 4. The zero-order valence-electron chi connectivity index (χ0n) is 20.8. The molecule has 1 aromatic carbocycles. The van der Waals surface area contributed by atoms with Gasteiger partial charge in [0.25, 0.3) is 0 Å². The molecule has 0 N–H and O–H groups in total. The summed E-state index contributed by atoms with van der Waals surface area (Å²) in [4.78, 5) is 13.1. The average Bonchev–Trinajstić information content (AvgIpc) is 2.69. The molecule has 0 amide bonds. The van der Waals surface area contributed by atoms with Crippen molar-refractivity contribution >= 4 is 14.1 Å². The van der Waals surface area contributed by atoms with Gasteiger partial charge in [-0.3, -0.25) is 4.79 Å². The summed E-state index contributed by atoms with van der Waals surface area (Å²) < 4.78 is 27.9. The molecule has 0 bridgehead atoms. The predicted octanol–water partition coefficient (Wildman–Crippen LogP) is 5.40. The topological polar surface area (TPSA) is 63.2 Å². The van der Waals surface area contributed by atoms with E-state index in [9.17, 15) is 4.79 Å². The van der Waals surface area contributed by atoms with Gasteiger partial charge < -0.3 is 23.4 Å². The van der Waals surface area contributed by atoms with E-state index >= 15 is 0 Å². The van der Waals surface area contributed by atoms with E-state index in [1.165, 1.54) is 7.11 Å². The minimum Gasteiger partial charge on any atom is -0.497 e. The molecule has 0 aliphatic carbocycles. The van der Waals surface area contributed by atoms with Crippen molar-refractivity contribution in [2.45, 2.75) is 71.1 Å². The highest BCUT2D eigenvalue weighted by Crippen LogP contribution is 2.37. The van der Waals surface area contributed by atoms with Crippen molar-refractivity contribution in [2.24, 2.45) is 0 Å². The van der Waals surface area contributed by atoms with Crippen LogP contribution < -0.4 is 9.47 Å². The third-order valence-electron chi connectivity index (χ3n) is 5.81. The molecular formula is C24H40O6Si. The molecule has 1 aromatic rings. The highest BCUT2D eigenvalue weighted by molar-refractivity contribution is 6.74. The van der Waals surface area contributed by atoms with Crippen molar-refractivity contribution in [3.05, 3.63) is 35.4 Å². The average molecular weight is 453 g/mol. The van der Waals surface area contributed by atoms with E-state index in [-0.39, 0.29) is 16.9 Å². The minimum absolute atomic E-state index is 0.0357. The molecule has 0 radical (unpaired) electrons. The molecule has 31 heavy (non-hydrogen) atoms. The SMILES string of the molecule is COc1cc(CC(OC)OC)c(C(=O)/C=C/C[C@@H](C)O[Si](C)(C)C(C)(C)C)c(OC)c1. The van der Waals surface area contributed by atoms with Gasteiger partial charge in [0.2, 0.25) is 0 Å². The summed E-state index contributed by atoms with van der Waals surface area (Å²) >= 11 is 0. The van der Waals surface area contributed by atoms with Crippen LogP contribution in [0.4, 0.5) is 0 Å². The van der Waals surface area contributed by atoms with Crippen molar-refractivity contribution in [1.82, 2.24) is 0 Å². The normalized spacial score (nSPS) is 13.6. The number of ketones is 1. The molecule has 0 saturated carbocycles. The largest absolute Gasteiger partial charge is 0.497 e. The Morgan fingerprint density at radius 1 is 1.06 bits per heavy atom. The summed E-state index contributed by atoms with van der Waals surface area (Å²) in [5, 5.41) is 0.144. The van der Waals surface area contributed by atoms with Crippen molar-refractivity contribution < 1.29 is 28.2 Å². The Kier molecular flexibility index (Phi) is 10.4. The van der Waals surface area contributed by atoms with Crippen molar-refractivity contribution in [1.29, 1.82) is 0 Å². The Balaban J connectivity index is 3.08. The van der Waals surface area contributed by atoms with Gasteiger partial charge in [-0.15, -0.1) is 0 Å². The van der Waals surface area contributed by atoms with Crippen molar-refractivity contribution in [3.63, 3.8) is 0 Å². The first kappa shape index (κ1) is 27.4. The Hall–Kier alpha value is -1.67. The molecule has 0 aliphatic rings. The zero-order valence-corrected chi connectivity index (χ0v) is 21.8. The second-order valence-electron chi connectivity index (χ2n) is 9.16. The third-order valence-corrected chi connectivity index (χ3v) is 10.4. The molecule has 0 heterocycles. The minimum atomic E-state index is -1.85. The molecule has 1 rings (SSSR count). The smallest absolute Gasteiger partial charge is 0.192 e. The fourth-order valence-corrected chi connectivity index (χ4v) is 4.44. The monoisotopic (exact) mass is 452 g/mol. The van der Waals surface area contributed by atoms with Gasteiger partial charge in [0, 0.05) is 32.8 Å². The molecule has 1 atom stereocenters. The van der Waals surface area contributed by atoms with Crippen LogP contribution in [0.25, 0.3) is 0 Å². The zero-order chi connectivity index (χ0) is 23.8. The molecule has 0 fully saturated rings. The lowest BCUT2D eigenvalue weighted by Gasteiger charge is -2.38. The number of methoxy groups -OCH3 is 4. The van der Waals surface area contributed by atoms with Gasteiger partial charge in [-0.05, 0) is 49.2 Å². The van der Waals surface area contributed by atoms with E-state index in [1.54, 1.807) is 33.5 Å². The van der Waals surface area contributed by atoms with Gasteiger partial charge >= 0.3 is 0 Å². The van der Waals surface area contributed by atoms with Crippen LogP contribution in [0.3, 0.4) is 0 Å². The van der Waals surface area contributed by atoms with Crippen molar-refractivity contribution in [3.8, 4) is 11.5 Å². The Labute approximate surface area is 189 Å². The molecule has 0 unspecified atom stereocenters. The van der Waals surface area contributed by atoms with Crippen LogP contribution >= 0.6 is 0 Å². The second kappa shape index (κ2) is 11.8. The Morgan fingerprint density at radius 2 is 1.68 bits per heavy atom. The second-order valence-corrected chi connectivity index (χ2v) is 13.9. The molecule has 0 saturated heterocycles. The number of benzene rings is 1. The third kappa shape index (κ3) is 7.75. The van der Waals surface area contributed by atoms with Crippen LogP contribution in [0.1, 0.15) is 50.0 Å². The first-order valence-electron chi connectivity index (χ1n) is 10.6. The lowest BCUT2D eigenvalue weighted by Crippen LogP contribution is -2.43. The quantitative estimate of drug-likeness (QED) is 0.183. The molecular weight excluding hydrogens is 412 g/mol. The van der Waals surface area contributed by atoms with E-state index in [0.29, 0.717) is 29.9 Å². The van der Waals surface area contributed by atoms with Gasteiger partial charge in [0.05, 0.1) is 19.8 Å². The maximum Gasteiger partial charge on any atom is 0.192 e. The fraction of sp³-hybridized carbons (Fsp3) is 0.625. The molecule has 0 aromatic heterocycles. The van der Waals surface area contributed by atoms with Crippen LogP contribution in [0.15, 0.2) is 24.3 Å². The highest BCUT2D eigenvalue weighted by Gasteiger charge is 2.38. The van der Waals surface area contributed by atoms with Crippen LogP contribution in [0.5, 0.6) is 11.5 Å². The van der Waals surface area contributed by atoms with Gasteiger partial charge in [-0.25, -0.2) is 0 Å². The fourth-order valence-electron chi connectivity index (χ4n) is 2.99. The predicted molar refractivity (Wildman–Crippen MR) is 127 cm³/mol. The number of carbonyl (C=O) groups excluding carboxylic acids is 1. The summed E-state index contributed by atoms with van der Waals surface area (Å²) in [6.07, 6.45) is 4.07. The first-order valence-corrected chi connectivity index (χ1v) is 13.5. The van der Waals surface area contributed by atoms with E-state index < -0.39 is 14.6 Å². The Morgan fingerprint density at radius 3 is 2.16 bits per heavy atom. The number of hydrogen-bond donors (Lipinski definition) is 0. The number of hydrogen-bond acceptors (Lipinski definition) is 6. The molecule has 0 spiro atoms. The summed E-state index contributed by atoms with van der Waals surface area (Å²) in [6.45, 7) is 13.2. The van der Waals surface area contributed by atoms with Crippen LogP contribution in [0, 0.1) is 0 Å². The van der Waals surface area contributed by atoms with E-state index in [4.69, 9.17) is 23.4 Å². The van der Waals surface area contributed by atoms with Gasteiger partial charge in [0.15, 0.2) is 20.4 Å². The molecule has 176 valence electrons. The summed E-state index contributed by atoms with van der Waals surface area (Å²) in [5.41, 5.74) is 1.22. The maximum absolute atomic E-state index is 13.1. The van der Waals surface area contributed by atoms with Crippen molar-refractivity contribution in [2.75, 3.05) is 28.4 Å². The van der Waals surface area contributed by atoms with Crippen LogP contribution in [0.2, 0.25) is 18.1 Å². The summed E-state index contributed by atoms with van der Waals surface area (Å²) in [6, 6.07) is 3.53. The lowest BCUT2D eigenvalue weighted by molar-refractivity contribution is -0.100. The standard InChI is InChI=1S/C24H40O6Si/c1-17(30-31(9,10)24(2,3)4)12-11-13-20(25)23-18(15-22(28-7)29-8)14-19(26-5)16-21(23)27-6/h11,13-14,16-17,22H,12,15H2,1-10H3/b13-11+/t17-/m1/s1. The van der Waals surface area contributed by atoms with Gasteiger partial charge in [0.1, 0.15) is 11.5 Å². The molecule has 0 aliphatic heterocycles. The van der Waals surface area contributed by atoms with E-state index in [2.05, 4.69) is 40.8 Å². The van der Waals surface area contributed by atoms with E-state index in [0.717, 1.165) is 5.56 Å². The molecule has 6 nitrogen and oxygen atoms in total. The number of rotatable bonds is 12. The van der Waals surface area contributed by atoms with Gasteiger partial charge in [-0.2, -0.15) is 0 Å². The van der Waals surface area contributed by atoms with E-state index in [1.807, 2.05) is 12.1 Å². The van der Waals surface area contributed by atoms with Crippen LogP contribution in [-0.4, -0.2) is 54.9 Å². The maximum atomic E-state index is 13.1. The number of allylic oxidation sites excluding steroid dienone is 1. The Bertz CT molecular complexity index is 747. The summed E-state index contributed by atoms with van der Waals surface area (Å²) in [5.74, 6) is 0.926.